The number of rotatable bonds is 5. The van der Waals surface area contributed by atoms with Crippen molar-refractivity contribution in [2.24, 2.45) is 0 Å². The Balaban J connectivity index is 2.03. The Hall–Kier alpha value is -3.09. The fraction of sp³-hybridized carbons (Fsp3) is 0.133. The van der Waals surface area contributed by atoms with E-state index in [1.807, 2.05) is 0 Å². The molecule has 22 heavy (non-hydrogen) atoms. The number of carboxylic acids is 1. The van der Waals surface area contributed by atoms with E-state index in [0.29, 0.717) is 23.0 Å². The molecular weight excluding hydrogens is 286 g/mol. The zero-order valence-corrected chi connectivity index (χ0v) is 11.8. The fourth-order valence-electron chi connectivity index (χ4n) is 2.17. The van der Waals surface area contributed by atoms with Gasteiger partial charge in [0.25, 0.3) is 0 Å². The first kappa shape index (κ1) is 13.9. The van der Waals surface area contributed by atoms with Gasteiger partial charge in [-0.25, -0.2) is 9.78 Å². The summed E-state index contributed by atoms with van der Waals surface area (Å²) in [5.41, 5.74) is 0.417. The summed E-state index contributed by atoms with van der Waals surface area (Å²) in [5, 5.41) is 9.28. The lowest BCUT2D eigenvalue weighted by molar-refractivity contribution is 0.0693. The van der Waals surface area contributed by atoms with E-state index in [-0.39, 0.29) is 12.3 Å². The summed E-state index contributed by atoms with van der Waals surface area (Å²) in [5.74, 6) is 0.403. The van der Waals surface area contributed by atoms with Crippen LogP contribution in [0, 0.1) is 0 Å². The molecule has 0 aliphatic heterocycles. The molecule has 3 rings (SSSR count). The zero-order valence-electron chi connectivity index (χ0n) is 11.8. The highest BCUT2D eigenvalue weighted by atomic mass is 16.5. The molecule has 3 heterocycles. The van der Waals surface area contributed by atoms with Crippen molar-refractivity contribution < 1.29 is 19.4 Å². The van der Waals surface area contributed by atoms with Crippen LogP contribution >= 0.6 is 0 Å². The van der Waals surface area contributed by atoms with Crippen LogP contribution in [0.25, 0.3) is 5.52 Å². The van der Waals surface area contributed by atoms with Gasteiger partial charge in [-0.3, -0.25) is 9.38 Å². The van der Waals surface area contributed by atoms with Crippen molar-refractivity contribution in [2.75, 3.05) is 7.11 Å². The SMILES string of the molecule is COc1cccc2c(C(=O)O)nc(COc3cccnc3)n12. The van der Waals surface area contributed by atoms with Crippen LogP contribution < -0.4 is 9.47 Å². The number of ether oxygens (including phenoxy) is 2. The third-order valence-electron chi connectivity index (χ3n) is 3.11. The minimum absolute atomic E-state index is 0.0383. The molecule has 0 saturated carbocycles. The third kappa shape index (κ3) is 2.44. The van der Waals surface area contributed by atoms with Crippen molar-refractivity contribution in [1.82, 2.24) is 14.4 Å². The number of hydrogen-bond acceptors (Lipinski definition) is 5. The highest BCUT2D eigenvalue weighted by Crippen LogP contribution is 2.22. The fourth-order valence-corrected chi connectivity index (χ4v) is 2.17. The Bertz CT molecular complexity index is 814. The summed E-state index contributed by atoms with van der Waals surface area (Å²) in [6, 6.07) is 8.63. The van der Waals surface area contributed by atoms with Gasteiger partial charge in [-0.05, 0) is 24.3 Å². The Morgan fingerprint density at radius 1 is 1.32 bits per heavy atom. The maximum Gasteiger partial charge on any atom is 0.356 e. The second kappa shape index (κ2) is 5.72. The molecule has 0 fully saturated rings. The zero-order chi connectivity index (χ0) is 15.5. The summed E-state index contributed by atoms with van der Waals surface area (Å²) in [7, 11) is 1.51. The number of hydrogen-bond donors (Lipinski definition) is 1. The molecule has 0 spiro atoms. The molecule has 0 radical (unpaired) electrons. The standard InChI is InChI=1S/C15H13N3O4/c1-21-13-6-2-5-11-14(15(19)20)17-12(18(11)13)9-22-10-4-3-7-16-8-10/h2-8H,9H2,1H3,(H,19,20). The molecule has 112 valence electrons. The lowest BCUT2D eigenvalue weighted by Crippen LogP contribution is -2.03. The smallest absolute Gasteiger partial charge is 0.356 e. The third-order valence-corrected chi connectivity index (χ3v) is 3.11. The summed E-state index contributed by atoms with van der Waals surface area (Å²) in [4.78, 5) is 19.4. The number of carbonyl (C=O) groups is 1. The van der Waals surface area contributed by atoms with Gasteiger partial charge in [0, 0.05) is 6.20 Å². The van der Waals surface area contributed by atoms with Gasteiger partial charge in [0.1, 0.15) is 12.4 Å². The molecule has 7 heteroatoms. The summed E-state index contributed by atoms with van der Waals surface area (Å²) in [6.07, 6.45) is 3.22. The topological polar surface area (TPSA) is 86.0 Å². The van der Waals surface area contributed by atoms with Crippen LogP contribution in [0.5, 0.6) is 11.6 Å². The lowest BCUT2D eigenvalue weighted by atomic mass is 10.3. The molecule has 3 aromatic rings. The first-order valence-corrected chi connectivity index (χ1v) is 6.51. The van der Waals surface area contributed by atoms with Crippen molar-refractivity contribution >= 4 is 11.5 Å². The first-order chi connectivity index (χ1) is 10.7. The molecular formula is C15H13N3O4. The summed E-state index contributed by atoms with van der Waals surface area (Å²) < 4.78 is 12.5. The molecule has 0 unspecified atom stereocenters. The van der Waals surface area contributed by atoms with Crippen LogP contribution in [0.2, 0.25) is 0 Å². The summed E-state index contributed by atoms with van der Waals surface area (Å²) in [6.45, 7) is 0.0977. The number of nitrogens with zero attached hydrogens (tertiary/aromatic N) is 3. The van der Waals surface area contributed by atoms with Crippen molar-refractivity contribution in [3.8, 4) is 11.6 Å². The molecule has 0 aliphatic carbocycles. The predicted molar refractivity (Wildman–Crippen MR) is 77.3 cm³/mol. The molecule has 3 aromatic heterocycles. The van der Waals surface area contributed by atoms with Crippen molar-refractivity contribution in [1.29, 1.82) is 0 Å². The molecule has 0 aliphatic rings. The van der Waals surface area contributed by atoms with Gasteiger partial charge in [-0.15, -0.1) is 0 Å². The Kier molecular flexibility index (Phi) is 3.61. The minimum Gasteiger partial charge on any atom is -0.484 e. The van der Waals surface area contributed by atoms with Crippen LogP contribution in [0.4, 0.5) is 0 Å². The van der Waals surface area contributed by atoms with Gasteiger partial charge in [-0.2, -0.15) is 0 Å². The van der Waals surface area contributed by atoms with Gasteiger partial charge < -0.3 is 14.6 Å². The Labute approximate surface area is 125 Å². The van der Waals surface area contributed by atoms with Crippen LogP contribution in [0.15, 0.2) is 42.7 Å². The van der Waals surface area contributed by atoms with Crippen LogP contribution in [0.1, 0.15) is 16.3 Å². The van der Waals surface area contributed by atoms with Crippen molar-refractivity contribution in [3.05, 3.63) is 54.2 Å². The quantitative estimate of drug-likeness (QED) is 0.775. The second-order valence-electron chi connectivity index (χ2n) is 4.45. The van der Waals surface area contributed by atoms with Crippen LogP contribution in [0.3, 0.4) is 0 Å². The molecule has 0 aromatic carbocycles. The predicted octanol–water partition coefficient (Wildman–Crippen LogP) is 2.02. The van der Waals surface area contributed by atoms with E-state index in [1.54, 1.807) is 47.1 Å². The molecule has 7 nitrogen and oxygen atoms in total. The highest BCUT2D eigenvalue weighted by molar-refractivity contribution is 5.93. The van der Waals surface area contributed by atoms with Crippen LogP contribution in [-0.4, -0.2) is 32.6 Å². The second-order valence-corrected chi connectivity index (χ2v) is 4.45. The molecule has 0 amide bonds. The van der Waals surface area contributed by atoms with E-state index < -0.39 is 5.97 Å². The molecule has 0 atom stereocenters. The van der Waals surface area contributed by atoms with Gasteiger partial charge >= 0.3 is 5.97 Å². The molecule has 1 N–H and O–H groups in total. The van der Waals surface area contributed by atoms with E-state index in [4.69, 9.17) is 9.47 Å². The van der Waals surface area contributed by atoms with Gasteiger partial charge in [0.15, 0.2) is 17.4 Å². The largest absolute Gasteiger partial charge is 0.484 e. The average molecular weight is 299 g/mol. The maximum atomic E-state index is 11.3. The monoisotopic (exact) mass is 299 g/mol. The number of methoxy groups -OCH3 is 1. The number of aromatic nitrogens is 3. The van der Waals surface area contributed by atoms with E-state index in [2.05, 4.69) is 9.97 Å². The lowest BCUT2D eigenvalue weighted by Gasteiger charge is -2.08. The first-order valence-electron chi connectivity index (χ1n) is 6.51. The molecule has 0 saturated heterocycles. The highest BCUT2D eigenvalue weighted by Gasteiger charge is 2.19. The van der Waals surface area contributed by atoms with Crippen molar-refractivity contribution in [2.45, 2.75) is 6.61 Å². The number of fused-ring (bicyclic) bond motifs is 1. The summed E-state index contributed by atoms with van der Waals surface area (Å²) >= 11 is 0. The van der Waals surface area contributed by atoms with Gasteiger partial charge in [-0.1, -0.05) is 6.07 Å². The number of pyridine rings is 2. The number of imidazole rings is 1. The van der Waals surface area contributed by atoms with E-state index >= 15 is 0 Å². The molecule has 0 bridgehead atoms. The van der Waals surface area contributed by atoms with Gasteiger partial charge in [0.05, 0.1) is 18.8 Å². The average Bonchev–Trinajstić information content (AvgIpc) is 2.93. The number of aromatic carboxylic acids is 1. The van der Waals surface area contributed by atoms with E-state index in [1.165, 1.54) is 7.11 Å². The maximum absolute atomic E-state index is 11.3. The van der Waals surface area contributed by atoms with Crippen molar-refractivity contribution in [3.63, 3.8) is 0 Å². The van der Waals surface area contributed by atoms with Crippen LogP contribution in [-0.2, 0) is 6.61 Å². The minimum atomic E-state index is -1.10. The van der Waals surface area contributed by atoms with E-state index in [9.17, 15) is 9.90 Å². The van der Waals surface area contributed by atoms with E-state index in [0.717, 1.165) is 0 Å². The Morgan fingerprint density at radius 2 is 2.18 bits per heavy atom. The number of carboxylic acid groups (broad SMARTS) is 1. The normalized spacial score (nSPS) is 10.6. The van der Waals surface area contributed by atoms with Gasteiger partial charge in [0.2, 0.25) is 0 Å². The Morgan fingerprint density at radius 3 is 2.86 bits per heavy atom.